The number of fused-ring (bicyclic) bond motifs is 1. The van der Waals surface area contributed by atoms with E-state index in [4.69, 9.17) is 0 Å². The molecule has 0 aliphatic carbocycles. The minimum Gasteiger partial charge on any atom is -0.325 e. The lowest BCUT2D eigenvalue weighted by atomic mass is 10.2. The van der Waals surface area contributed by atoms with Gasteiger partial charge in [0.1, 0.15) is 5.01 Å². The van der Waals surface area contributed by atoms with Crippen LogP contribution in [0.2, 0.25) is 0 Å². The smallest absolute Gasteiger partial charge is 0.238 e. The molecule has 1 N–H and O–H groups in total. The summed E-state index contributed by atoms with van der Waals surface area (Å²) in [4.78, 5) is 18.7. The van der Waals surface area contributed by atoms with Gasteiger partial charge in [0.25, 0.3) is 0 Å². The molecule has 0 spiro atoms. The van der Waals surface area contributed by atoms with Gasteiger partial charge < -0.3 is 5.32 Å². The maximum absolute atomic E-state index is 12.1. The Balaban J connectivity index is 1.58. The van der Waals surface area contributed by atoms with Crippen molar-refractivity contribution >= 4 is 33.1 Å². The zero-order valence-electron chi connectivity index (χ0n) is 13.2. The van der Waals surface area contributed by atoms with Gasteiger partial charge >= 0.3 is 0 Å². The zero-order valence-corrected chi connectivity index (χ0v) is 14.1. The summed E-state index contributed by atoms with van der Waals surface area (Å²) >= 11 is 1.67. The van der Waals surface area contributed by atoms with Gasteiger partial charge in [0.15, 0.2) is 0 Å². The summed E-state index contributed by atoms with van der Waals surface area (Å²) in [6, 6.07) is 15.9. The van der Waals surface area contributed by atoms with Gasteiger partial charge in [-0.1, -0.05) is 24.3 Å². The fourth-order valence-corrected chi connectivity index (χ4v) is 3.49. The van der Waals surface area contributed by atoms with E-state index in [0.29, 0.717) is 13.1 Å². The van der Waals surface area contributed by atoms with Crippen LogP contribution in [0.4, 0.5) is 5.69 Å². The molecule has 0 aliphatic rings. The van der Waals surface area contributed by atoms with E-state index in [1.165, 1.54) is 4.70 Å². The number of thiazole rings is 1. The number of hydrogen-bond acceptors (Lipinski definition) is 4. The number of carbonyl (C=O) groups is 1. The molecule has 1 heterocycles. The summed E-state index contributed by atoms with van der Waals surface area (Å²) in [5, 5.41) is 3.95. The number of nitrogens with one attached hydrogen (secondary N) is 1. The summed E-state index contributed by atoms with van der Waals surface area (Å²) in [5.74, 6) is -0.0146. The van der Waals surface area contributed by atoms with Crippen LogP contribution >= 0.6 is 11.3 Å². The summed E-state index contributed by atoms with van der Waals surface area (Å²) in [6.07, 6.45) is 0. The second-order valence-corrected chi connectivity index (χ2v) is 6.78. The van der Waals surface area contributed by atoms with Crippen LogP contribution in [-0.2, 0) is 11.3 Å². The van der Waals surface area contributed by atoms with Crippen LogP contribution in [0.3, 0.4) is 0 Å². The molecule has 118 valence electrons. The van der Waals surface area contributed by atoms with Gasteiger partial charge in [0.05, 0.1) is 23.3 Å². The van der Waals surface area contributed by atoms with Gasteiger partial charge in [0.2, 0.25) is 5.91 Å². The van der Waals surface area contributed by atoms with E-state index in [-0.39, 0.29) is 5.91 Å². The number of anilines is 1. The average molecular weight is 325 g/mol. The fraction of sp³-hybridized carbons (Fsp3) is 0.222. The van der Waals surface area contributed by atoms with Crippen LogP contribution in [-0.4, -0.2) is 29.4 Å². The molecule has 3 rings (SSSR count). The molecule has 0 aliphatic heterocycles. The first kappa shape index (κ1) is 15.6. The minimum absolute atomic E-state index is 0.0146. The summed E-state index contributed by atoms with van der Waals surface area (Å²) in [7, 11) is 1.93. The highest BCUT2D eigenvalue weighted by atomic mass is 32.1. The Morgan fingerprint density at radius 3 is 2.83 bits per heavy atom. The SMILES string of the molecule is Cc1cccc(NC(=O)CN(C)Cc2nc3ccccc3s2)c1. The number of benzene rings is 2. The number of para-hydroxylation sites is 1. The second kappa shape index (κ2) is 6.89. The molecular weight excluding hydrogens is 306 g/mol. The van der Waals surface area contributed by atoms with Crippen LogP contribution in [0.1, 0.15) is 10.6 Å². The van der Waals surface area contributed by atoms with Gasteiger partial charge in [-0.15, -0.1) is 11.3 Å². The minimum atomic E-state index is -0.0146. The first-order valence-corrected chi connectivity index (χ1v) is 8.31. The number of nitrogens with zero attached hydrogens (tertiary/aromatic N) is 2. The van der Waals surface area contributed by atoms with Gasteiger partial charge in [0, 0.05) is 5.69 Å². The maximum atomic E-state index is 12.1. The van der Waals surface area contributed by atoms with Crippen molar-refractivity contribution in [3.8, 4) is 0 Å². The second-order valence-electron chi connectivity index (χ2n) is 5.67. The molecule has 3 aromatic rings. The van der Waals surface area contributed by atoms with Crippen LogP contribution in [0.5, 0.6) is 0 Å². The fourth-order valence-electron chi connectivity index (χ4n) is 2.44. The lowest BCUT2D eigenvalue weighted by molar-refractivity contribution is -0.117. The third-order valence-electron chi connectivity index (χ3n) is 3.46. The first-order valence-electron chi connectivity index (χ1n) is 7.50. The van der Waals surface area contributed by atoms with Crippen molar-refractivity contribution in [2.24, 2.45) is 0 Å². The standard InChI is InChI=1S/C18H19N3OS/c1-13-6-5-7-14(10-13)19-17(22)11-21(2)12-18-20-15-8-3-4-9-16(15)23-18/h3-10H,11-12H2,1-2H3,(H,19,22). The van der Waals surface area contributed by atoms with Gasteiger partial charge in [-0.25, -0.2) is 4.98 Å². The van der Waals surface area contributed by atoms with E-state index in [2.05, 4.69) is 16.4 Å². The lowest BCUT2D eigenvalue weighted by Gasteiger charge is -2.14. The van der Waals surface area contributed by atoms with Crippen molar-refractivity contribution < 1.29 is 4.79 Å². The number of aryl methyl sites for hydroxylation is 1. The molecule has 0 saturated heterocycles. The number of rotatable bonds is 5. The van der Waals surface area contributed by atoms with E-state index in [9.17, 15) is 4.79 Å². The number of hydrogen-bond donors (Lipinski definition) is 1. The molecule has 4 nitrogen and oxygen atoms in total. The molecule has 0 atom stereocenters. The highest BCUT2D eigenvalue weighted by Crippen LogP contribution is 2.22. The number of aromatic nitrogens is 1. The summed E-state index contributed by atoms with van der Waals surface area (Å²) in [5.41, 5.74) is 2.99. The molecule has 1 aromatic heterocycles. The Bertz CT molecular complexity index is 795. The highest BCUT2D eigenvalue weighted by molar-refractivity contribution is 7.18. The average Bonchev–Trinajstić information content (AvgIpc) is 2.88. The largest absolute Gasteiger partial charge is 0.325 e. The van der Waals surface area contributed by atoms with Crippen molar-refractivity contribution in [1.82, 2.24) is 9.88 Å². The Morgan fingerprint density at radius 2 is 2.04 bits per heavy atom. The third-order valence-corrected chi connectivity index (χ3v) is 4.48. The van der Waals surface area contributed by atoms with E-state index in [1.54, 1.807) is 11.3 Å². The number of likely N-dealkylation sites (N-methyl/N-ethyl adjacent to an activating group) is 1. The monoisotopic (exact) mass is 325 g/mol. The van der Waals surface area contributed by atoms with Crippen LogP contribution in [0.15, 0.2) is 48.5 Å². The predicted octanol–water partition coefficient (Wildman–Crippen LogP) is 3.68. The van der Waals surface area contributed by atoms with E-state index >= 15 is 0 Å². The molecule has 1 amide bonds. The molecule has 0 unspecified atom stereocenters. The topological polar surface area (TPSA) is 45.2 Å². The van der Waals surface area contributed by atoms with Crippen molar-refractivity contribution in [1.29, 1.82) is 0 Å². The molecule has 23 heavy (non-hydrogen) atoms. The third kappa shape index (κ3) is 4.15. The van der Waals surface area contributed by atoms with E-state index in [1.807, 2.05) is 61.3 Å². The van der Waals surface area contributed by atoms with Crippen LogP contribution in [0.25, 0.3) is 10.2 Å². The van der Waals surface area contributed by atoms with Crippen LogP contribution in [0, 0.1) is 6.92 Å². The van der Waals surface area contributed by atoms with Crippen molar-refractivity contribution in [3.63, 3.8) is 0 Å². The molecule has 0 radical (unpaired) electrons. The van der Waals surface area contributed by atoms with E-state index < -0.39 is 0 Å². The lowest BCUT2D eigenvalue weighted by Crippen LogP contribution is -2.29. The Hall–Kier alpha value is -2.24. The van der Waals surface area contributed by atoms with Gasteiger partial charge in [-0.2, -0.15) is 0 Å². The number of amides is 1. The summed E-state index contributed by atoms with van der Waals surface area (Å²) in [6.45, 7) is 3.01. The molecule has 0 fully saturated rings. The molecular formula is C18H19N3OS. The highest BCUT2D eigenvalue weighted by Gasteiger charge is 2.10. The molecule has 0 bridgehead atoms. The van der Waals surface area contributed by atoms with E-state index in [0.717, 1.165) is 21.8 Å². The van der Waals surface area contributed by atoms with Crippen molar-refractivity contribution in [3.05, 3.63) is 59.1 Å². The Labute approximate surface area is 139 Å². The van der Waals surface area contributed by atoms with Crippen molar-refractivity contribution in [2.75, 3.05) is 18.9 Å². The number of carbonyl (C=O) groups excluding carboxylic acids is 1. The zero-order chi connectivity index (χ0) is 16.2. The Kier molecular flexibility index (Phi) is 4.69. The van der Waals surface area contributed by atoms with Gasteiger partial charge in [-0.05, 0) is 43.8 Å². The molecule has 5 heteroatoms. The van der Waals surface area contributed by atoms with Gasteiger partial charge in [-0.3, -0.25) is 9.69 Å². The predicted molar refractivity (Wildman–Crippen MR) is 95.8 cm³/mol. The maximum Gasteiger partial charge on any atom is 0.238 e. The normalized spacial score (nSPS) is 11.1. The first-order chi connectivity index (χ1) is 11.1. The molecule has 2 aromatic carbocycles. The van der Waals surface area contributed by atoms with Crippen LogP contribution < -0.4 is 5.32 Å². The Morgan fingerprint density at radius 1 is 1.22 bits per heavy atom. The van der Waals surface area contributed by atoms with Crippen molar-refractivity contribution in [2.45, 2.75) is 13.5 Å². The molecule has 0 saturated carbocycles. The quantitative estimate of drug-likeness (QED) is 0.778. The summed E-state index contributed by atoms with van der Waals surface area (Å²) < 4.78 is 1.18.